The Morgan fingerprint density at radius 2 is 0.960 bits per heavy atom. The van der Waals surface area contributed by atoms with Crippen LogP contribution in [0.25, 0.3) is 127 Å². The molecule has 3 aromatic heterocycles. The lowest BCUT2D eigenvalue weighted by Crippen LogP contribution is -2.02. The Morgan fingerprint density at radius 3 is 1.77 bits per heavy atom. The van der Waals surface area contributed by atoms with Crippen LogP contribution in [0.15, 0.2) is 277 Å². The van der Waals surface area contributed by atoms with Crippen LogP contribution in [0.5, 0.6) is 0 Å². The molecule has 1 atom stereocenters. The van der Waals surface area contributed by atoms with Crippen molar-refractivity contribution in [2.45, 2.75) is 12.3 Å². The number of aromatic nitrogens is 2. The number of allylic oxidation sites excluding steroid dienone is 4. The molecule has 15 rings (SSSR count). The Morgan fingerprint density at radius 1 is 0.360 bits per heavy atom. The molecule has 3 heterocycles. The molecule has 0 spiro atoms. The Balaban J connectivity index is 0.900. The SMILES string of the molecule is C1=CC(c2cccc3c2c2cc(-c4ccc5c(c4)c4ccccc4n5-c4ccc(-c5cccc6c5oc5ccccc56)cc4-c4ccccc4)ccc2n3-c2cccc(-c3ccccc3)c2)CC(c2ccccc2)=C1. The van der Waals surface area contributed by atoms with E-state index in [0.717, 1.165) is 67.5 Å². The molecule has 0 amide bonds. The zero-order valence-electron chi connectivity index (χ0n) is 41.1. The summed E-state index contributed by atoms with van der Waals surface area (Å²) in [4.78, 5) is 0. The number of hydrogen-bond acceptors (Lipinski definition) is 1. The third-order valence-electron chi connectivity index (χ3n) is 15.7. The van der Waals surface area contributed by atoms with Gasteiger partial charge >= 0.3 is 0 Å². The monoisotopic (exact) mass is 956 g/mol. The third kappa shape index (κ3) is 7.11. The van der Waals surface area contributed by atoms with Gasteiger partial charge in [0.2, 0.25) is 0 Å². The molecule has 0 bridgehead atoms. The van der Waals surface area contributed by atoms with Crippen molar-refractivity contribution in [1.29, 1.82) is 0 Å². The van der Waals surface area contributed by atoms with E-state index < -0.39 is 0 Å². The van der Waals surface area contributed by atoms with Gasteiger partial charge in [-0.25, -0.2) is 0 Å². The average Bonchev–Trinajstić information content (AvgIpc) is 4.22. The lowest BCUT2D eigenvalue weighted by Gasteiger charge is -2.20. The van der Waals surface area contributed by atoms with Crippen LogP contribution < -0.4 is 0 Å². The Bertz CT molecular complexity index is 4610. The van der Waals surface area contributed by atoms with E-state index in [4.69, 9.17) is 4.42 Å². The number of benzene rings is 11. The van der Waals surface area contributed by atoms with Gasteiger partial charge < -0.3 is 13.6 Å². The molecule has 14 aromatic rings. The predicted octanol–water partition coefficient (Wildman–Crippen LogP) is 19.6. The second-order valence-electron chi connectivity index (χ2n) is 19.9. The fourth-order valence-electron chi connectivity index (χ4n) is 12.2. The van der Waals surface area contributed by atoms with Crippen molar-refractivity contribution >= 4 is 71.1 Å². The highest BCUT2D eigenvalue weighted by atomic mass is 16.3. The zero-order valence-corrected chi connectivity index (χ0v) is 41.1. The van der Waals surface area contributed by atoms with Gasteiger partial charge in [0, 0.05) is 55.0 Å². The van der Waals surface area contributed by atoms with Crippen LogP contribution >= 0.6 is 0 Å². The smallest absolute Gasteiger partial charge is 0.143 e. The molecule has 0 saturated carbocycles. The summed E-state index contributed by atoms with van der Waals surface area (Å²) in [6.45, 7) is 0. The van der Waals surface area contributed by atoms with E-state index >= 15 is 0 Å². The van der Waals surface area contributed by atoms with Gasteiger partial charge in [0.15, 0.2) is 0 Å². The van der Waals surface area contributed by atoms with E-state index in [2.05, 4.69) is 276 Å². The van der Waals surface area contributed by atoms with Crippen LogP contribution in [0, 0.1) is 0 Å². The van der Waals surface area contributed by atoms with Crippen LogP contribution in [0.3, 0.4) is 0 Å². The molecule has 0 saturated heterocycles. The van der Waals surface area contributed by atoms with Gasteiger partial charge in [0.05, 0.1) is 27.8 Å². The standard InChI is InChI=1S/C72H48N2O/c1-4-18-47(19-5-1)50-24-14-26-54(42-50)57-30-17-34-69-71(57)64-45-53(37-40-68(64)73(69)56-27-15-25-51(43-56)48-20-6-2-7-21-48)52-36-39-67-63(44-52)59-28-10-12-33-65(59)74(67)66-41-38-55(46-62(66)49-22-8-3-9-23-49)58-31-16-32-61-60-29-11-13-35-70(60)75-72(58)61/h1-41,43-46,54H,42H2. The van der Waals surface area contributed by atoms with Crippen LogP contribution in [-0.4, -0.2) is 9.13 Å². The highest BCUT2D eigenvalue weighted by molar-refractivity contribution is 6.15. The van der Waals surface area contributed by atoms with Crippen molar-refractivity contribution in [3.8, 4) is 55.9 Å². The fourth-order valence-corrected chi connectivity index (χ4v) is 12.2. The van der Waals surface area contributed by atoms with E-state index in [0.29, 0.717) is 0 Å². The number of hydrogen-bond donors (Lipinski definition) is 0. The quantitative estimate of drug-likeness (QED) is 0.149. The topological polar surface area (TPSA) is 23.0 Å². The molecule has 1 unspecified atom stereocenters. The lowest BCUT2D eigenvalue weighted by molar-refractivity contribution is 0.670. The highest BCUT2D eigenvalue weighted by Gasteiger charge is 2.24. The molecular formula is C72H48N2O. The molecule has 3 nitrogen and oxygen atoms in total. The summed E-state index contributed by atoms with van der Waals surface area (Å²) < 4.78 is 11.5. The molecule has 352 valence electrons. The van der Waals surface area contributed by atoms with Crippen LogP contribution in [0.4, 0.5) is 0 Å². The normalized spacial score (nSPS) is 13.7. The average molecular weight is 957 g/mol. The molecule has 75 heavy (non-hydrogen) atoms. The summed E-state index contributed by atoms with van der Waals surface area (Å²) >= 11 is 0. The van der Waals surface area contributed by atoms with E-state index in [1.54, 1.807) is 0 Å². The first-order chi connectivity index (χ1) is 37.2. The first-order valence-electron chi connectivity index (χ1n) is 26.0. The molecule has 1 aliphatic carbocycles. The molecule has 1 aliphatic rings. The maximum atomic E-state index is 6.58. The maximum absolute atomic E-state index is 6.58. The second-order valence-corrected chi connectivity index (χ2v) is 19.9. The molecule has 3 heteroatoms. The number of para-hydroxylation sites is 3. The van der Waals surface area contributed by atoms with Gasteiger partial charge in [0.1, 0.15) is 11.2 Å². The summed E-state index contributed by atoms with van der Waals surface area (Å²) in [6, 6.07) is 93.1. The molecule has 0 fully saturated rings. The van der Waals surface area contributed by atoms with Gasteiger partial charge in [-0.3, -0.25) is 0 Å². The Labute approximate surface area is 434 Å². The van der Waals surface area contributed by atoms with Crippen molar-refractivity contribution in [3.05, 3.63) is 284 Å². The van der Waals surface area contributed by atoms with E-state index in [-0.39, 0.29) is 5.92 Å². The maximum Gasteiger partial charge on any atom is 0.143 e. The van der Waals surface area contributed by atoms with Crippen LogP contribution in [0.2, 0.25) is 0 Å². The minimum absolute atomic E-state index is 0.212. The number of rotatable bonds is 8. The summed E-state index contributed by atoms with van der Waals surface area (Å²) in [5.41, 5.74) is 22.1. The van der Waals surface area contributed by atoms with Crippen LogP contribution in [0.1, 0.15) is 23.5 Å². The minimum Gasteiger partial charge on any atom is -0.455 e. The zero-order chi connectivity index (χ0) is 49.4. The van der Waals surface area contributed by atoms with Crippen molar-refractivity contribution in [2.24, 2.45) is 0 Å². The van der Waals surface area contributed by atoms with Gasteiger partial charge in [-0.05, 0) is 123 Å². The van der Waals surface area contributed by atoms with Crippen molar-refractivity contribution < 1.29 is 4.42 Å². The Hall–Kier alpha value is -9.70. The summed E-state index contributed by atoms with van der Waals surface area (Å²) in [7, 11) is 0. The number of nitrogens with zero attached hydrogens (tertiary/aromatic N) is 2. The fraction of sp³-hybridized carbons (Fsp3) is 0.0278. The van der Waals surface area contributed by atoms with Gasteiger partial charge in [0.25, 0.3) is 0 Å². The van der Waals surface area contributed by atoms with Crippen molar-refractivity contribution in [1.82, 2.24) is 9.13 Å². The first kappa shape index (κ1) is 42.9. The van der Waals surface area contributed by atoms with E-state index in [9.17, 15) is 0 Å². The predicted molar refractivity (Wildman–Crippen MR) is 315 cm³/mol. The molecular weight excluding hydrogens is 909 g/mol. The number of furan rings is 1. The number of fused-ring (bicyclic) bond motifs is 9. The van der Waals surface area contributed by atoms with Gasteiger partial charge in [-0.1, -0.05) is 206 Å². The molecule has 11 aromatic carbocycles. The molecule has 0 aliphatic heterocycles. The minimum atomic E-state index is 0.212. The van der Waals surface area contributed by atoms with E-state index in [1.807, 2.05) is 6.07 Å². The highest BCUT2D eigenvalue weighted by Crippen LogP contribution is 2.45. The largest absolute Gasteiger partial charge is 0.455 e. The van der Waals surface area contributed by atoms with E-state index in [1.165, 1.54) is 77.0 Å². The summed E-state index contributed by atoms with van der Waals surface area (Å²) in [5, 5.41) is 7.24. The lowest BCUT2D eigenvalue weighted by atomic mass is 9.84. The van der Waals surface area contributed by atoms with Gasteiger partial charge in [-0.15, -0.1) is 0 Å². The van der Waals surface area contributed by atoms with Crippen molar-refractivity contribution in [2.75, 3.05) is 0 Å². The third-order valence-corrected chi connectivity index (χ3v) is 15.7. The summed E-state index contributed by atoms with van der Waals surface area (Å²) in [6.07, 6.45) is 7.88. The second kappa shape index (κ2) is 17.5. The van der Waals surface area contributed by atoms with Crippen LogP contribution in [-0.2, 0) is 0 Å². The molecule has 0 radical (unpaired) electrons. The van der Waals surface area contributed by atoms with Crippen molar-refractivity contribution in [3.63, 3.8) is 0 Å². The molecule has 0 N–H and O–H groups in total. The first-order valence-corrected chi connectivity index (χ1v) is 26.0. The summed E-state index contributed by atoms with van der Waals surface area (Å²) in [5.74, 6) is 0.212. The van der Waals surface area contributed by atoms with Gasteiger partial charge in [-0.2, -0.15) is 0 Å². The Kier molecular flexibility index (Phi) is 10.0.